The molecular weight excluding hydrogens is 270 g/mol. The van der Waals surface area contributed by atoms with Gasteiger partial charge in [0.25, 0.3) is 0 Å². The maximum absolute atomic E-state index is 12.3. The van der Waals surface area contributed by atoms with Crippen LogP contribution in [0, 0.1) is 17.8 Å². The molecular formula is C15H23N3O3. The quantitative estimate of drug-likeness (QED) is 0.699. The first-order valence-electron chi connectivity index (χ1n) is 7.96. The highest BCUT2D eigenvalue weighted by Crippen LogP contribution is 2.38. The fraction of sp³-hybridized carbons (Fsp3) is 0.800. The fourth-order valence-corrected chi connectivity index (χ4v) is 3.65. The maximum Gasteiger partial charge on any atom is 0.240 e. The third-order valence-electron chi connectivity index (χ3n) is 5.03. The van der Waals surface area contributed by atoms with Crippen molar-refractivity contribution < 1.29 is 14.4 Å². The van der Waals surface area contributed by atoms with E-state index in [2.05, 4.69) is 5.32 Å². The summed E-state index contributed by atoms with van der Waals surface area (Å²) >= 11 is 0. The van der Waals surface area contributed by atoms with Crippen LogP contribution < -0.4 is 11.1 Å². The van der Waals surface area contributed by atoms with Crippen LogP contribution in [-0.2, 0) is 14.4 Å². The molecule has 1 heterocycles. The molecule has 0 radical (unpaired) electrons. The molecule has 6 heteroatoms. The van der Waals surface area contributed by atoms with Crippen LogP contribution in [0.5, 0.6) is 0 Å². The Hall–Kier alpha value is -1.43. The Bertz CT molecular complexity index is 437. The SMILES string of the molecule is NCC(NC(=O)CN1C(=O)C2CCCCC2C1=O)C1CC1. The van der Waals surface area contributed by atoms with Gasteiger partial charge in [-0.2, -0.15) is 0 Å². The molecule has 6 nitrogen and oxygen atoms in total. The minimum atomic E-state index is -0.266. The molecule has 3 fully saturated rings. The van der Waals surface area contributed by atoms with Crippen molar-refractivity contribution in [2.75, 3.05) is 13.1 Å². The van der Waals surface area contributed by atoms with E-state index in [1.165, 1.54) is 0 Å². The average Bonchev–Trinajstić information content (AvgIpc) is 3.30. The van der Waals surface area contributed by atoms with Crippen molar-refractivity contribution in [1.82, 2.24) is 10.2 Å². The van der Waals surface area contributed by atoms with E-state index in [4.69, 9.17) is 5.73 Å². The molecule has 2 aliphatic carbocycles. The number of hydrogen-bond acceptors (Lipinski definition) is 4. The van der Waals surface area contributed by atoms with Gasteiger partial charge in [-0.05, 0) is 31.6 Å². The van der Waals surface area contributed by atoms with Crippen LogP contribution >= 0.6 is 0 Å². The van der Waals surface area contributed by atoms with E-state index in [-0.39, 0.29) is 42.1 Å². The van der Waals surface area contributed by atoms with Gasteiger partial charge in [0.15, 0.2) is 0 Å². The molecule has 3 amide bonds. The summed E-state index contributed by atoms with van der Waals surface area (Å²) in [4.78, 5) is 37.8. The van der Waals surface area contributed by atoms with Crippen LogP contribution in [0.25, 0.3) is 0 Å². The van der Waals surface area contributed by atoms with Crippen molar-refractivity contribution in [3.63, 3.8) is 0 Å². The average molecular weight is 293 g/mol. The number of nitrogens with one attached hydrogen (secondary N) is 1. The fourth-order valence-electron chi connectivity index (χ4n) is 3.65. The molecule has 116 valence electrons. The van der Waals surface area contributed by atoms with Crippen molar-refractivity contribution in [2.45, 2.75) is 44.6 Å². The molecule has 21 heavy (non-hydrogen) atoms. The van der Waals surface area contributed by atoms with Gasteiger partial charge in [0.1, 0.15) is 6.54 Å². The smallest absolute Gasteiger partial charge is 0.240 e. The standard InChI is InChI=1S/C15H23N3O3/c16-7-12(9-5-6-9)17-13(19)8-18-14(20)10-3-1-2-4-11(10)15(18)21/h9-12H,1-8,16H2,(H,17,19). The van der Waals surface area contributed by atoms with Gasteiger partial charge in [-0.3, -0.25) is 19.3 Å². The second kappa shape index (κ2) is 5.75. The first kappa shape index (κ1) is 14.5. The molecule has 2 saturated carbocycles. The minimum absolute atomic E-state index is 0.0208. The minimum Gasteiger partial charge on any atom is -0.350 e. The number of hydrogen-bond donors (Lipinski definition) is 2. The molecule has 0 aromatic carbocycles. The van der Waals surface area contributed by atoms with Gasteiger partial charge >= 0.3 is 0 Å². The Labute approximate surface area is 124 Å². The van der Waals surface area contributed by atoms with Gasteiger partial charge in [-0.15, -0.1) is 0 Å². The summed E-state index contributed by atoms with van der Waals surface area (Å²) in [6, 6.07) is -0.0208. The molecule has 1 aliphatic heterocycles. The highest BCUT2D eigenvalue weighted by molar-refractivity contribution is 6.07. The van der Waals surface area contributed by atoms with E-state index < -0.39 is 0 Å². The van der Waals surface area contributed by atoms with E-state index in [1.807, 2.05) is 0 Å². The van der Waals surface area contributed by atoms with Crippen LogP contribution in [0.1, 0.15) is 38.5 Å². The summed E-state index contributed by atoms with van der Waals surface area (Å²) in [5.74, 6) is -0.490. The van der Waals surface area contributed by atoms with Gasteiger partial charge in [0, 0.05) is 12.6 Å². The number of amides is 3. The van der Waals surface area contributed by atoms with E-state index in [0.717, 1.165) is 43.4 Å². The molecule has 3 N–H and O–H groups in total. The lowest BCUT2D eigenvalue weighted by atomic mass is 9.81. The van der Waals surface area contributed by atoms with Gasteiger partial charge < -0.3 is 11.1 Å². The summed E-state index contributed by atoms with van der Waals surface area (Å²) in [6.07, 6.45) is 5.73. The topological polar surface area (TPSA) is 92.5 Å². The number of imide groups is 1. The molecule has 3 rings (SSSR count). The Morgan fingerprint density at radius 2 is 1.71 bits per heavy atom. The molecule has 1 saturated heterocycles. The summed E-state index contributed by atoms with van der Waals surface area (Å²) in [5, 5.41) is 2.87. The lowest BCUT2D eigenvalue weighted by Gasteiger charge is -2.19. The van der Waals surface area contributed by atoms with Crippen LogP contribution in [0.2, 0.25) is 0 Å². The van der Waals surface area contributed by atoms with Crippen LogP contribution in [0.4, 0.5) is 0 Å². The van der Waals surface area contributed by atoms with E-state index in [9.17, 15) is 14.4 Å². The van der Waals surface area contributed by atoms with Crippen molar-refractivity contribution in [1.29, 1.82) is 0 Å². The Morgan fingerprint density at radius 1 is 1.14 bits per heavy atom. The number of carbonyl (C=O) groups excluding carboxylic acids is 3. The second-order valence-corrected chi connectivity index (χ2v) is 6.51. The van der Waals surface area contributed by atoms with Crippen LogP contribution in [0.3, 0.4) is 0 Å². The predicted octanol–water partition coefficient (Wildman–Crippen LogP) is 0.0151. The Kier molecular flexibility index (Phi) is 3.97. The number of likely N-dealkylation sites (tertiary alicyclic amines) is 1. The summed E-state index contributed by atoms with van der Waals surface area (Å²) < 4.78 is 0. The van der Waals surface area contributed by atoms with Gasteiger partial charge in [0.05, 0.1) is 11.8 Å². The molecule has 3 aliphatic rings. The van der Waals surface area contributed by atoms with Crippen molar-refractivity contribution in [3.05, 3.63) is 0 Å². The third-order valence-corrected chi connectivity index (χ3v) is 5.03. The van der Waals surface area contributed by atoms with Gasteiger partial charge in [-0.25, -0.2) is 0 Å². The van der Waals surface area contributed by atoms with E-state index in [1.54, 1.807) is 0 Å². The number of fused-ring (bicyclic) bond motifs is 1. The first-order chi connectivity index (χ1) is 10.1. The molecule has 0 spiro atoms. The summed E-state index contributed by atoms with van der Waals surface area (Å²) in [6.45, 7) is 0.261. The first-order valence-corrected chi connectivity index (χ1v) is 7.96. The molecule has 0 aromatic rings. The van der Waals surface area contributed by atoms with Gasteiger partial charge in [0.2, 0.25) is 17.7 Å². The molecule has 0 bridgehead atoms. The maximum atomic E-state index is 12.3. The van der Waals surface area contributed by atoms with Crippen molar-refractivity contribution in [2.24, 2.45) is 23.5 Å². The zero-order valence-corrected chi connectivity index (χ0v) is 12.2. The zero-order valence-electron chi connectivity index (χ0n) is 12.2. The van der Waals surface area contributed by atoms with Crippen molar-refractivity contribution >= 4 is 17.7 Å². The predicted molar refractivity (Wildman–Crippen MR) is 75.9 cm³/mol. The normalized spacial score (nSPS) is 30.2. The highest BCUT2D eigenvalue weighted by atomic mass is 16.2. The lowest BCUT2D eigenvalue weighted by molar-refractivity contribution is -0.143. The highest BCUT2D eigenvalue weighted by Gasteiger charge is 2.48. The number of nitrogens with two attached hydrogens (primary N) is 1. The second-order valence-electron chi connectivity index (χ2n) is 6.51. The Balaban J connectivity index is 1.60. The third kappa shape index (κ3) is 2.81. The largest absolute Gasteiger partial charge is 0.350 e. The van der Waals surface area contributed by atoms with E-state index >= 15 is 0 Å². The number of rotatable bonds is 5. The summed E-state index contributed by atoms with van der Waals surface area (Å²) in [5.41, 5.74) is 5.66. The van der Waals surface area contributed by atoms with Crippen LogP contribution in [0.15, 0.2) is 0 Å². The number of carbonyl (C=O) groups is 3. The van der Waals surface area contributed by atoms with Crippen molar-refractivity contribution in [3.8, 4) is 0 Å². The molecule has 3 unspecified atom stereocenters. The molecule has 3 atom stereocenters. The summed E-state index contributed by atoms with van der Waals surface area (Å²) in [7, 11) is 0. The van der Waals surface area contributed by atoms with E-state index in [0.29, 0.717) is 12.5 Å². The van der Waals surface area contributed by atoms with Crippen LogP contribution in [-0.4, -0.2) is 41.8 Å². The zero-order chi connectivity index (χ0) is 15.0. The molecule has 0 aromatic heterocycles. The lowest BCUT2D eigenvalue weighted by Crippen LogP contribution is -2.47. The van der Waals surface area contributed by atoms with Gasteiger partial charge in [-0.1, -0.05) is 12.8 Å². The monoisotopic (exact) mass is 293 g/mol. The number of nitrogens with zero attached hydrogens (tertiary/aromatic N) is 1. The Morgan fingerprint density at radius 3 is 2.19 bits per heavy atom.